The summed E-state index contributed by atoms with van der Waals surface area (Å²) in [6, 6.07) is -0.804. The minimum atomic E-state index is -0.936. The van der Waals surface area contributed by atoms with Crippen LogP contribution in [0.1, 0.15) is 27.2 Å². The van der Waals surface area contributed by atoms with Crippen molar-refractivity contribution in [1.29, 1.82) is 0 Å². The summed E-state index contributed by atoms with van der Waals surface area (Å²) < 4.78 is -0.411. The zero-order valence-corrected chi connectivity index (χ0v) is 9.87. The number of carboxylic acids is 1. The summed E-state index contributed by atoms with van der Waals surface area (Å²) in [5.41, 5.74) is 5.54. The number of aliphatic carboxylic acids is 1. The van der Waals surface area contributed by atoms with E-state index in [1.165, 1.54) is 0 Å². The van der Waals surface area contributed by atoms with Crippen LogP contribution in [-0.2, 0) is 4.79 Å². The highest BCUT2D eigenvalue weighted by atomic mass is 33.1. The topological polar surface area (TPSA) is 63.3 Å². The van der Waals surface area contributed by atoms with Gasteiger partial charge < -0.3 is 10.8 Å². The molecule has 0 aromatic rings. The van der Waals surface area contributed by atoms with Crippen LogP contribution in [0.4, 0.5) is 0 Å². The molecular weight excluding hydrogens is 206 g/mol. The highest BCUT2D eigenvalue weighted by Gasteiger charge is 2.32. The highest BCUT2D eigenvalue weighted by molar-refractivity contribution is 8.77. The van der Waals surface area contributed by atoms with E-state index in [0.717, 1.165) is 12.2 Å². The van der Waals surface area contributed by atoms with Gasteiger partial charge in [0.1, 0.15) is 6.04 Å². The van der Waals surface area contributed by atoms with Crippen LogP contribution in [0.15, 0.2) is 0 Å². The van der Waals surface area contributed by atoms with Crippen LogP contribution >= 0.6 is 21.6 Å². The second-order valence-corrected chi connectivity index (χ2v) is 6.39. The Morgan fingerprint density at radius 2 is 2.15 bits per heavy atom. The molecule has 0 aromatic carbocycles. The Labute approximate surface area is 87.2 Å². The average molecular weight is 223 g/mol. The molecule has 3 nitrogen and oxygen atoms in total. The summed E-state index contributed by atoms with van der Waals surface area (Å²) in [6.07, 6.45) is 1.09. The van der Waals surface area contributed by atoms with Gasteiger partial charge in [0.05, 0.1) is 0 Å². The van der Waals surface area contributed by atoms with Gasteiger partial charge in [0.25, 0.3) is 0 Å². The van der Waals surface area contributed by atoms with Crippen molar-refractivity contribution < 1.29 is 9.90 Å². The predicted octanol–water partition coefficient (Wildman–Crippen LogP) is 1.97. The van der Waals surface area contributed by atoms with Gasteiger partial charge in [-0.1, -0.05) is 28.5 Å². The van der Waals surface area contributed by atoms with Gasteiger partial charge in [0.15, 0.2) is 0 Å². The lowest BCUT2D eigenvalue weighted by Gasteiger charge is -2.26. The smallest absolute Gasteiger partial charge is 0.321 e. The summed E-state index contributed by atoms with van der Waals surface area (Å²) in [4.78, 5) is 10.6. The van der Waals surface area contributed by atoms with E-state index in [4.69, 9.17) is 10.8 Å². The van der Waals surface area contributed by atoms with Gasteiger partial charge in [-0.15, -0.1) is 0 Å². The molecule has 0 aliphatic rings. The molecule has 0 radical (unpaired) electrons. The molecule has 1 atom stereocenters. The zero-order chi connectivity index (χ0) is 10.5. The molecule has 3 N–H and O–H groups in total. The molecule has 0 rings (SSSR count). The fraction of sp³-hybridized carbons (Fsp3) is 0.875. The standard InChI is InChI=1S/C8H17NO2S2/c1-4-5-12-13-8(2,3)6(9)7(10)11/h6H,4-5,9H2,1-3H3,(H,10,11)/t6-/m1/s1. The molecule has 0 unspecified atom stereocenters. The number of nitrogens with two attached hydrogens (primary N) is 1. The van der Waals surface area contributed by atoms with Gasteiger partial charge in [-0.3, -0.25) is 4.79 Å². The molecule has 0 fully saturated rings. The van der Waals surface area contributed by atoms with Crippen LogP contribution in [0.5, 0.6) is 0 Å². The third-order valence-electron chi connectivity index (χ3n) is 1.58. The largest absolute Gasteiger partial charge is 0.480 e. The van der Waals surface area contributed by atoms with Crippen LogP contribution < -0.4 is 5.73 Å². The molecule has 0 bridgehead atoms. The first-order valence-electron chi connectivity index (χ1n) is 4.20. The SMILES string of the molecule is CCCSSC(C)(C)[C@H](N)C(=O)O. The number of hydrogen-bond acceptors (Lipinski definition) is 4. The van der Waals surface area contributed by atoms with Crippen molar-refractivity contribution in [1.82, 2.24) is 0 Å². The molecule has 0 spiro atoms. The molecule has 0 aliphatic carbocycles. The Bertz CT molecular complexity index is 174. The minimum Gasteiger partial charge on any atom is -0.480 e. The van der Waals surface area contributed by atoms with Gasteiger partial charge in [0.2, 0.25) is 0 Å². The third-order valence-corrected chi connectivity index (χ3v) is 5.09. The fourth-order valence-corrected chi connectivity index (χ4v) is 3.36. The van der Waals surface area contributed by atoms with E-state index in [1.807, 2.05) is 13.8 Å². The summed E-state index contributed by atoms with van der Waals surface area (Å²) in [5.74, 6) is 0.0927. The van der Waals surface area contributed by atoms with Gasteiger partial charge in [-0.2, -0.15) is 0 Å². The highest BCUT2D eigenvalue weighted by Crippen LogP contribution is 2.37. The Balaban J connectivity index is 3.98. The Kier molecular flexibility index (Phi) is 5.83. The van der Waals surface area contributed by atoms with Crippen molar-refractivity contribution in [2.24, 2.45) is 5.73 Å². The van der Waals surface area contributed by atoms with Gasteiger partial charge in [0, 0.05) is 10.5 Å². The molecule has 5 heteroatoms. The van der Waals surface area contributed by atoms with Crippen LogP contribution in [0, 0.1) is 0 Å². The van der Waals surface area contributed by atoms with Crippen molar-refractivity contribution in [2.45, 2.75) is 38.0 Å². The van der Waals surface area contributed by atoms with Crippen molar-refractivity contribution in [3.8, 4) is 0 Å². The number of carbonyl (C=O) groups is 1. The predicted molar refractivity (Wildman–Crippen MR) is 60.0 cm³/mol. The first kappa shape index (κ1) is 13.1. The minimum absolute atomic E-state index is 0.411. The molecule has 0 aromatic heterocycles. The quantitative estimate of drug-likeness (QED) is 0.532. The maximum atomic E-state index is 10.6. The summed E-state index contributed by atoms with van der Waals surface area (Å²) in [6.45, 7) is 5.82. The third kappa shape index (κ3) is 4.78. The molecule has 0 aliphatic heterocycles. The second kappa shape index (κ2) is 5.78. The summed E-state index contributed by atoms with van der Waals surface area (Å²) in [5, 5.41) is 8.73. The monoisotopic (exact) mass is 223 g/mol. The molecule has 13 heavy (non-hydrogen) atoms. The van der Waals surface area contributed by atoms with Gasteiger partial charge in [-0.05, 0) is 20.3 Å². The lowest BCUT2D eigenvalue weighted by Crippen LogP contribution is -2.46. The fourth-order valence-electron chi connectivity index (χ4n) is 0.626. The maximum absolute atomic E-state index is 10.6. The first-order valence-corrected chi connectivity index (χ1v) is 6.52. The normalized spacial score (nSPS) is 14.2. The van der Waals surface area contributed by atoms with E-state index >= 15 is 0 Å². The van der Waals surface area contributed by atoms with Gasteiger partial charge >= 0.3 is 5.97 Å². The Morgan fingerprint density at radius 3 is 2.54 bits per heavy atom. The van der Waals surface area contributed by atoms with Crippen LogP contribution in [0.2, 0.25) is 0 Å². The van der Waals surface area contributed by atoms with Crippen molar-refractivity contribution in [3.63, 3.8) is 0 Å². The van der Waals surface area contributed by atoms with E-state index in [0.29, 0.717) is 0 Å². The average Bonchev–Trinajstić information content (AvgIpc) is 2.03. The van der Waals surface area contributed by atoms with E-state index in [9.17, 15) is 4.79 Å². The molecule has 78 valence electrons. The maximum Gasteiger partial charge on any atom is 0.321 e. The van der Waals surface area contributed by atoms with Crippen LogP contribution in [0.25, 0.3) is 0 Å². The number of rotatable bonds is 6. The lowest BCUT2D eigenvalue weighted by molar-refractivity contribution is -0.139. The first-order chi connectivity index (χ1) is 5.91. The second-order valence-electron chi connectivity index (χ2n) is 3.32. The molecular formula is C8H17NO2S2. The van der Waals surface area contributed by atoms with Crippen LogP contribution in [-0.4, -0.2) is 27.6 Å². The molecule has 0 amide bonds. The van der Waals surface area contributed by atoms with E-state index in [1.54, 1.807) is 21.6 Å². The van der Waals surface area contributed by atoms with E-state index in [-0.39, 0.29) is 0 Å². The zero-order valence-electron chi connectivity index (χ0n) is 8.24. The number of carboxylic acid groups (broad SMARTS) is 1. The lowest BCUT2D eigenvalue weighted by atomic mass is 10.1. The van der Waals surface area contributed by atoms with Crippen molar-refractivity contribution >= 4 is 27.6 Å². The summed E-state index contributed by atoms with van der Waals surface area (Å²) >= 11 is 0. The molecule has 0 saturated carbocycles. The van der Waals surface area contributed by atoms with E-state index < -0.39 is 16.8 Å². The van der Waals surface area contributed by atoms with Crippen molar-refractivity contribution in [2.75, 3.05) is 5.75 Å². The Hall–Kier alpha value is 0.130. The van der Waals surface area contributed by atoms with Crippen molar-refractivity contribution in [3.05, 3.63) is 0 Å². The molecule has 0 heterocycles. The number of hydrogen-bond donors (Lipinski definition) is 2. The van der Waals surface area contributed by atoms with Crippen LogP contribution in [0.3, 0.4) is 0 Å². The van der Waals surface area contributed by atoms with Gasteiger partial charge in [-0.25, -0.2) is 0 Å². The van der Waals surface area contributed by atoms with E-state index in [2.05, 4.69) is 6.92 Å². The Morgan fingerprint density at radius 1 is 1.62 bits per heavy atom. The summed E-state index contributed by atoms with van der Waals surface area (Å²) in [7, 11) is 3.23. The molecule has 0 saturated heterocycles.